The maximum absolute atomic E-state index is 13.7. The van der Waals surface area contributed by atoms with E-state index in [1.807, 2.05) is 12.1 Å². The van der Waals surface area contributed by atoms with Crippen molar-refractivity contribution >= 4 is 11.8 Å². The molecule has 0 saturated heterocycles. The van der Waals surface area contributed by atoms with E-state index < -0.39 is 6.29 Å². The molecule has 0 aliphatic carbocycles. The van der Waals surface area contributed by atoms with Crippen molar-refractivity contribution in [3.63, 3.8) is 0 Å². The summed E-state index contributed by atoms with van der Waals surface area (Å²) in [6.07, 6.45) is 3.69. The van der Waals surface area contributed by atoms with Gasteiger partial charge in [0.25, 0.3) is 0 Å². The lowest BCUT2D eigenvalue weighted by Crippen LogP contribution is -2.31. The zero-order chi connectivity index (χ0) is 16.2. The molecule has 0 amide bonds. The number of anilines is 1. The lowest BCUT2D eigenvalue weighted by Gasteiger charge is -2.34. The van der Waals surface area contributed by atoms with Gasteiger partial charge in [-0.1, -0.05) is 18.2 Å². The first-order chi connectivity index (χ1) is 11.0. The van der Waals surface area contributed by atoms with Crippen LogP contribution in [0.15, 0.2) is 36.4 Å². The number of methoxy groups -OCH3 is 1. The summed E-state index contributed by atoms with van der Waals surface area (Å²) >= 11 is 0. The number of benzene rings is 2. The monoisotopic (exact) mass is 311 g/mol. The van der Waals surface area contributed by atoms with Crippen molar-refractivity contribution in [1.82, 2.24) is 0 Å². The lowest BCUT2D eigenvalue weighted by atomic mass is 9.87. The minimum absolute atomic E-state index is 0.108. The predicted molar refractivity (Wildman–Crippen MR) is 88.9 cm³/mol. The van der Waals surface area contributed by atoms with E-state index in [2.05, 4.69) is 31.3 Å². The SMILES string of the molecule is COC1Oc2ccc(F)cc2-c2ccc3c(c21)C=CC(C)(C)N3. The normalized spacial score (nSPS) is 19.9. The van der Waals surface area contributed by atoms with Gasteiger partial charge in [-0.25, -0.2) is 4.39 Å². The minimum Gasteiger partial charge on any atom is -0.460 e. The minimum atomic E-state index is -0.509. The Morgan fingerprint density at radius 3 is 2.78 bits per heavy atom. The number of rotatable bonds is 1. The molecule has 23 heavy (non-hydrogen) atoms. The smallest absolute Gasteiger partial charge is 0.227 e. The molecule has 2 aromatic rings. The summed E-state index contributed by atoms with van der Waals surface area (Å²) in [5.41, 5.74) is 4.59. The summed E-state index contributed by atoms with van der Waals surface area (Å²) in [5, 5.41) is 3.49. The molecule has 2 aliphatic rings. The molecule has 0 spiro atoms. The van der Waals surface area contributed by atoms with Gasteiger partial charge in [-0.2, -0.15) is 0 Å². The molecule has 0 bridgehead atoms. The average molecular weight is 311 g/mol. The van der Waals surface area contributed by atoms with E-state index in [0.717, 1.165) is 27.9 Å². The molecule has 2 aromatic carbocycles. The number of hydrogen-bond donors (Lipinski definition) is 1. The zero-order valence-electron chi connectivity index (χ0n) is 13.3. The molecule has 1 N–H and O–H groups in total. The standard InChI is InChI=1S/C19H18FNO2/c1-19(2)9-8-13-15(21-19)6-5-12-14-10-11(20)4-7-16(14)23-18(22-3)17(12)13/h4-10,18,21H,1-3H3. The van der Waals surface area contributed by atoms with Crippen LogP contribution in [0.4, 0.5) is 10.1 Å². The molecular weight excluding hydrogens is 293 g/mol. The summed E-state index contributed by atoms with van der Waals surface area (Å²) in [4.78, 5) is 0. The molecule has 118 valence electrons. The van der Waals surface area contributed by atoms with Gasteiger partial charge in [-0.15, -0.1) is 0 Å². The molecule has 2 heterocycles. The number of fused-ring (bicyclic) bond motifs is 5. The Hall–Kier alpha value is -2.33. The van der Waals surface area contributed by atoms with E-state index in [4.69, 9.17) is 9.47 Å². The Kier molecular flexibility index (Phi) is 3.00. The summed E-state index contributed by atoms with van der Waals surface area (Å²) in [5.74, 6) is 0.362. The van der Waals surface area contributed by atoms with Crippen molar-refractivity contribution in [2.45, 2.75) is 25.7 Å². The topological polar surface area (TPSA) is 30.5 Å². The fourth-order valence-electron chi connectivity index (χ4n) is 3.25. The highest BCUT2D eigenvalue weighted by Gasteiger charge is 2.31. The van der Waals surface area contributed by atoms with Gasteiger partial charge in [0.2, 0.25) is 6.29 Å². The van der Waals surface area contributed by atoms with Crippen LogP contribution < -0.4 is 10.1 Å². The Balaban J connectivity index is 1.97. The molecule has 2 aliphatic heterocycles. The van der Waals surface area contributed by atoms with Gasteiger partial charge in [0.05, 0.1) is 5.54 Å². The lowest BCUT2D eigenvalue weighted by molar-refractivity contribution is -0.0579. The van der Waals surface area contributed by atoms with Gasteiger partial charge in [0.1, 0.15) is 11.6 Å². The maximum Gasteiger partial charge on any atom is 0.227 e. The Labute approximate surface area is 134 Å². The molecule has 4 rings (SSSR count). The Morgan fingerprint density at radius 1 is 1.17 bits per heavy atom. The van der Waals surface area contributed by atoms with Gasteiger partial charge < -0.3 is 14.8 Å². The van der Waals surface area contributed by atoms with E-state index in [9.17, 15) is 4.39 Å². The van der Waals surface area contributed by atoms with Crippen LogP contribution in [0.3, 0.4) is 0 Å². The number of hydrogen-bond acceptors (Lipinski definition) is 3. The van der Waals surface area contributed by atoms with E-state index in [0.29, 0.717) is 5.75 Å². The Bertz CT molecular complexity index is 826. The van der Waals surface area contributed by atoms with Crippen molar-refractivity contribution < 1.29 is 13.9 Å². The average Bonchev–Trinajstić information content (AvgIpc) is 2.52. The van der Waals surface area contributed by atoms with Crippen LogP contribution in [-0.2, 0) is 4.74 Å². The van der Waals surface area contributed by atoms with Crippen LogP contribution in [0.25, 0.3) is 17.2 Å². The van der Waals surface area contributed by atoms with Crippen LogP contribution >= 0.6 is 0 Å². The summed E-state index contributed by atoms with van der Waals surface area (Å²) in [6, 6.07) is 8.60. The maximum atomic E-state index is 13.7. The van der Waals surface area contributed by atoms with E-state index in [1.165, 1.54) is 12.1 Å². The highest BCUT2D eigenvalue weighted by Crippen LogP contribution is 2.47. The van der Waals surface area contributed by atoms with Crippen molar-refractivity contribution in [1.29, 1.82) is 0 Å². The molecule has 0 aromatic heterocycles. The zero-order valence-corrected chi connectivity index (χ0v) is 13.3. The van der Waals surface area contributed by atoms with E-state index in [1.54, 1.807) is 13.2 Å². The van der Waals surface area contributed by atoms with Gasteiger partial charge in [-0.3, -0.25) is 0 Å². The van der Waals surface area contributed by atoms with Gasteiger partial charge in [-0.05, 0) is 43.7 Å². The fraction of sp³-hybridized carbons (Fsp3) is 0.263. The summed E-state index contributed by atoms with van der Waals surface area (Å²) < 4.78 is 25.2. The highest BCUT2D eigenvalue weighted by atomic mass is 19.1. The predicted octanol–water partition coefficient (Wildman–Crippen LogP) is 4.75. The Morgan fingerprint density at radius 2 is 2.00 bits per heavy atom. The molecule has 3 nitrogen and oxygen atoms in total. The molecule has 0 saturated carbocycles. The molecular formula is C19H18FNO2. The van der Waals surface area contributed by atoms with Gasteiger partial charge in [0.15, 0.2) is 0 Å². The van der Waals surface area contributed by atoms with Crippen LogP contribution in [0.1, 0.15) is 31.3 Å². The first-order valence-corrected chi connectivity index (χ1v) is 7.62. The van der Waals surface area contributed by atoms with Crippen molar-refractivity contribution in [3.05, 3.63) is 53.4 Å². The highest BCUT2D eigenvalue weighted by molar-refractivity contribution is 5.85. The summed E-state index contributed by atoms with van der Waals surface area (Å²) in [7, 11) is 1.62. The van der Waals surface area contributed by atoms with Crippen LogP contribution in [0.2, 0.25) is 0 Å². The first kappa shape index (κ1) is 14.3. The second kappa shape index (κ2) is 4.83. The van der Waals surface area contributed by atoms with Crippen molar-refractivity contribution in [2.24, 2.45) is 0 Å². The van der Waals surface area contributed by atoms with E-state index in [-0.39, 0.29) is 11.4 Å². The first-order valence-electron chi connectivity index (χ1n) is 7.62. The number of halogens is 1. The summed E-state index contributed by atoms with van der Waals surface area (Å²) in [6.45, 7) is 4.22. The van der Waals surface area contributed by atoms with Crippen LogP contribution in [0.5, 0.6) is 5.75 Å². The third-order valence-electron chi connectivity index (χ3n) is 4.33. The largest absolute Gasteiger partial charge is 0.460 e. The van der Waals surface area contributed by atoms with Crippen LogP contribution in [0, 0.1) is 5.82 Å². The molecule has 0 radical (unpaired) electrons. The number of ether oxygens (including phenoxy) is 2. The molecule has 1 unspecified atom stereocenters. The second-order valence-electron chi connectivity index (χ2n) is 6.49. The van der Waals surface area contributed by atoms with Gasteiger partial charge >= 0.3 is 0 Å². The van der Waals surface area contributed by atoms with E-state index >= 15 is 0 Å². The molecule has 0 fully saturated rings. The fourth-order valence-corrected chi connectivity index (χ4v) is 3.25. The van der Waals surface area contributed by atoms with Gasteiger partial charge in [0, 0.05) is 29.5 Å². The van der Waals surface area contributed by atoms with Crippen LogP contribution in [-0.4, -0.2) is 12.6 Å². The molecule has 1 atom stereocenters. The number of nitrogens with one attached hydrogen (secondary N) is 1. The third-order valence-corrected chi connectivity index (χ3v) is 4.33. The van der Waals surface area contributed by atoms with Crippen molar-refractivity contribution in [2.75, 3.05) is 12.4 Å². The molecule has 4 heteroatoms. The third kappa shape index (κ3) is 2.21. The van der Waals surface area contributed by atoms with Crippen molar-refractivity contribution in [3.8, 4) is 16.9 Å². The quantitative estimate of drug-likeness (QED) is 0.824. The second-order valence-corrected chi connectivity index (χ2v) is 6.49.